The summed E-state index contributed by atoms with van der Waals surface area (Å²) in [5, 5.41) is 23.3. The first-order valence-corrected chi connectivity index (χ1v) is 9.09. The summed E-state index contributed by atoms with van der Waals surface area (Å²) in [6.45, 7) is 3.34. The van der Waals surface area contributed by atoms with Crippen molar-refractivity contribution in [2.45, 2.75) is 38.3 Å². The van der Waals surface area contributed by atoms with Crippen LogP contribution in [-0.4, -0.2) is 24.2 Å². The van der Waals surface area contributed by atoms with Gasteiger partial charge in [-0.15, -0.1) is 0 Å². The maximum Gasteiger partial charge on any atom is 0.119 e. The summed E-state index contributed by atoms with van der Waals surface area (Å²) in [6.07, 6.45) is 0.842. The van der Waals surface area contributed by atoms with E-state index in [0.717, 1.165) is 23.3 Å². The second kappa shape index (κ2) is 10.6. The van der Waals surface area contributed by atoms with E-state index in [1.165, 1.54) is 0 Å². The molecule has 0 aromatic heterocycles. The Kier molecular flexibility index (Phi) is 8.12. The molecule has 3 N–H and O–H groups in total. The molecular formula is C21H27NO4. The molecule has 0 spiro atoms. The van der Waals surface area contributed by atoms with E-state index in [2.05, 4.69) is 6.92 Å². The Morgan fingerprint density at radius 3 is 2.42 bits per heavy atom. The monoisotopic (exact) mass is 357 g/mol. The van der Waals surface area contributed by atoms with Crippen molar-refractivity contribution in [3.05, 3.63) is 65.7 Å². The minimum Gasteiger partial charge on any atom is -0.550 e. The van der Waals surface area contributed by atoms with Crippen molar-refractivity contribution in [1.29, 1.82) is 0 Å². The molecule has 0 bridgehead atoms. The average Bonchev–Trinajstić information content (AvgIpc) is 2.66. The zero-order valence-corrected chi connectivity index (χ0v) is 15.1. The molecule has 0 radical (unpaired) electrons. The molecule has 0 fully saturated rings. The number of carboxylic acids is 1. The van der Waals surface area contributed by atoms with Crippen LogP contribution in [0.4, 0.5) is 0 Å². The van der Waals surface area contributed by atoms with E-state index in [-0.39, 0.29) is 12.5 Å². The van der Waals surface area contributed by atoms with Gasteiger partial charge in [0.2, 0.25) is 0 Å². The summed E-state index contributed by atoms with van der Waals surface area (Å²) in [7, 11) is 0. The summed E-state index contributed by atoms with van der Waals surface area (Å²) in [5.74, 6) is -0.272. The van der Waals surface area contributed by atoms with Crippen LogP contribution in [0, 0.1) is 0 Å². The van der Waals surface area contributed by atoms with Crippen LogP contribution in [-0.2, 0) is 4.79 Å². The number of carbonyl (C=O) groups excluding carboxylic acids is 1. The maximum atomic E-state index is 11.0. The smallest absolute Gasteiger partial charge is 0.119 e. The largest absolute Gasteiger partial charge is 0.550 e. The Morgan fingerprint density at radius 2 is 1.81 bits per heavy atom. The molecule has 0 heterocycles. The first-order valence-electron chi connectivity index (χ1n) is 9.09. The van der Waals surface area contributed by atoms with Crippen LogP contribution in [0.15, 0.2) is 54.6 Å². The number of aliphatic carboxylic acids is 1. The molecule has 0 amide bonds. The number of nitrogens with two attached hydrogens (primary N) is 1. The van der Waals surface area contributed by atoms with E-state index in [4.69, 9.17) is 4.74 Å². The summed E-state index contributed by atoms with van der Waals surface area (Å²) >= 11 is 0. The molecule has 2 aromatic rings. The highest BCUT2D eigenvalue weighted by molar-refractivity contribution is 5.65. The zero-order valence-electron chi connectivity index (χ0n) is 15.1. The maximum absolute atomic E-state index is 11.0. The molecule has 0 unspecified atom stereocenters. The van der Waals surface area contributed by atoms with Gasteiger partial charge >= 0.3 is 0 Å². The van der Waals surface area contributed by atoms with Gasteiger partial charge in [0.1, 0.15) is 11.8 Å². The highest BCUT2D eigenvalue weighted by Gasteiger charge is 2.16. The van der Waals surface area contributed by atoms with Gasteiger partial charge in [0.05, 0.1) is 19.3 Å². The molecule has 5 nitrogen and oxygen atoms in total. The number of hydrogen-bond donors (Lipinski definition) is 2. The lowest BCUT2D eigenvalue weighted by Gasteiger charge is -2.18. The van der Waals surface area contributed by atoms with E-state index in [1.54, 1.807) is 0 Å². The summed E-state index contributed by atoms with van der Waals surface area (Å²) in [5.41, 5.74) is 1.78. The van der Waals surface area contributed by atoms with Crippen molar-refractivity contribution in [1.82, 2.24) is 0 Å². The van der Waals surface area contributed by atoms with Gasteiger partial charge in [-0.2, -0.15) is 0 Å². The quantitative estimate of drug-likeness (QED) is 0.635. The van der Waals surface area contributed by atoms with Crippen LogP contribution in [0.25, 0.3) is 0 Å². The van der Waals surface area contributed by atoms with Crippen molar-refractivity contribution in [3.8, 4) is 5.75 Å². The van der Waals surface area contributed by atoms with Gasteiger partial charge in [-0.25, -0.2) is 0 Å². The lowest BCUT2D eigenvalue weighted by atomic mass is 10.0. The van der Waals surface area contributed by atoms with Gasteiger partial charge in [-0.05, 0) is 24.1 Å². The Morgan fingerprint density at radius 1 is 1.12 bits per heavy atom. The average molecular weight is 357 g/mol. The second-order valence-corrected chi connectivity index (χ2v) is 6.34. The number of carboxylic acid groups (broad SMARTS) is 1. The zero-order chi connectivity index (χ0) is 18.8. The molecule has 0 aliphatic rings. The van der Waals surface area contributed by atoms with Crippen LogP contribution >= 0.6 is 0 Å². The Labute approximate surface area is 154 Å². The van der Waals surface area contributed by atoms with Gasteiger partial charge in [0.25, 0.3) is 0 Å². The highest BCUT2D eigenvalue weighted by Crippen LogP contribution is 2.20. The molecule has 140 valence electrons. The normalized spacial score (nSPS) is 13.2. The fraction of sp³-hybridized carbons (Fsp3) is 0.381. The number of aliphatic hydroxyl groups excluding tert-OH is 1. The molecule has 26 heavy (non-hydrogen) atoms. The van der Waals surface area contributed by atoms with Crippen molar-refractivity contribution >= 4 is 5.97 Å². The summed E-state index contributed by atoms with van der Waals surface area (Å²) < 4.78 is 5.54. The van der Waals surface area contributed by atoms with Gasteiger partial charge in [-0.1, -0.05) is 49.4 Å². The fourth-order valence-corrected chi connectivity index (χ4v) is 2.85. The third kappa shape index (κ3) is 6.50. The van der Waals surface area contributed by atoms with Gasteiger partial charge in [0, 0.05) is 24.4 Å². The van der Waals surface area contributed by atoms with Crippen LogP contribution in [0.3, 0.4) is 0 Å². The molecule has 0 aliphatic carbocycles. The SMILES string of the molecule is CCCOc1ccc([C@@H](O)CC[NH2+][C@@H](CC(=O)[O-])c2ccccc2)cc1. The predicted molar refractivity (Wildman–Crippen MR) is 97.4 cm³/mol. The van der Waals surface area contributed by atoms with E-state index in [1.807, 2.05) is 59.9 Å². The van der Waals surface area contributed by atoms with Gasteiger partial charge in [-0.3, -0.25) is 0 Å². The Balaban J connectivity index is 1.86. The third-order valence-electron chi connectivity index (χ3n) is 4.24. The number of carbonyl (C=O) groups is 1. The van der Waals surface area contributed by atoms with E-state index < -0.39 is 12.1 Å². The Bertz CT molecular complexity index is 657. The predicted octanol–water partition coefficient (Wildman–Crippen LogP) is 1.34. The first kappa shape index (κ1) is 19.9. The van der Waals surface area contributed by atoms with Crippen LogP contribution in [0.1, 0.15) is 49.5 Å². The fourth-order valence-electron chi connectivity index (χ4n) is 2.85. The third-order valence-corrected chi connectivity index (χ3v) is 4.24. The molecule has 0 saturated carbocycles. The second-order valence-electron chi connectivity index (χ2n) is 6.34. The van der Waals surface area contributed by atoms with Crippen molar-refractivity contribution in [2.24, 2.45) is 0 Å². The number of quaternary nitrogens is 1. The minimum absolute atomic E-state index is 0.0520. The van der Waals surface area contributed by atoms with E-state index >= 15 is 0 Å². The first-order chi connectivity index (χ1) is 12.6. The van der Waals surface area contributed by atoms with E-state index in [9.17, 15) is 15.0 Å². The van der Waals surface area contributed by atoms with Gasteiger partial charge < -0.3 is 25.1 Å². The number of aliphatic hydroxyl groups is 1. The molecule has 0 saturated heterocycles. The summed E-state index contributed by atoms with van der Waals surface area (Å²) in [6, 6.07) is 16.8. The molecule has 2 aromatic carbocycles. The number of ether oxygens (including phenoxy) is 1. The van der Waals surface area contributed by atoms with Crippen molar-refractivity contribution < 1.29 is 25.1 Å². The Hall–Kier alpha value is -2.37. The van der Waals surface area contributed by atoms with Crippen LogP contribution in [0.5, 0.6) is 5.75 Å². The molecular weight excluding hydrogens is 330 g/mol. The molecule has 2 rings (SSSR count). The highest BCUT2D eigenvalue weighted by atomic mass is 16.5. The minimum atomic E-state index is -1.07. The molecule has 5 heteroatoms. The van der Waals surface area contributed by atoms with E-state index in [0.29, 0.717) is 19.6 Å². The number of rotatable bonds is 11. The summed E-state index contributed by atoms with van der Waals surface area (Å²) in [4.78, 5) is 11.0. The number of benzene rings is 2. The lowest BCUT2D eigenvalue weighted by molar-refractivity contribution is -0.696. The van der Waals surface area contributed by atoms with Crippen LogP contribution < -0.4 is 15.2 Å². The molecule has 2 atom stereocenters. The standard InChI is InChI=1S/C21H27NO4/c1-2-14-26-18-10-8-17(9-11-18)20(23)12-13-22-19(15-21(24)25)16-6-4-3-5-7-16/h3-11,19-20,22-23H,2,12-15H2,1H3,(H,24,25)/t19-,20-/m0/s1. The number of hydrogen-bond acceptors (Lipinski definition) is 4. The van der Waals surface area contributed by atoms with Crippen molar-refractivity contribution in [3.63, 3.8) is 0 Å². The lowest BCUT2D eigenvalue weighted by Crippen LogP contribution is -2.85. The van der Waals surface area contributed by atoms with Gasteiger partial charge in [0.15, 0.2) is 0 Å². The van der Waals surface area contributed by atoms with Crippen LogP contribution in [0.2, 0.25) is 0 Å². The van der Waals surface area contributed by atoms with Crippen molar-refractivity contribution in [2.75, 3.05) is 13.2 Å². The molecule has 0 aliphatic heterocycles. The topological polar surface area (TPSA) is 86.2 Å².